The number of rotatable bonds is 4. The van der Waals surface area contributed by atoms with E-state index >= 15 is 0 Å². The van der Waals surface area contributed by atoms with E-state index in [1.54, 1.807) is 0 Å². The van der Waals surface area contributed by atoms with E-state index in [9.17, 15) is 0 Å². The van der Waals surface area contributed by atoms with Gasteiger partial charge in [-0.3, -0.25) is 4.57 Å². The van der Waals surface area contributed by atoms with Gasteiger partial charge in [0.1, 0.15) is 5.82 Å². The fourth-order valence-corrected chi connectivity index (χ4v) is 7.45. The zero-order chi connectivity index (χ0) is 30.9. The lowest BCUT2D eigenvalue weighted by Gasteiger charge is -2.13. The number of nitrogens with zero attached hydrogens (tertiary/aromatic N) is 4. The summed E-state index contributed by atoms with van der Waals surface area (Å²) in [4.78, 5) is 5.11. The molecule has 0 unspecified atom stereocenters. The molecule has 4 nitrogen and oxygen atoms in total. The van der Waals surface area contributed by atoms with Gasteiger partial charge in [0, 0.05) is 44.9 Å². The lowest BCUT2D eigenvalue weighted by molar-refractivity contribution is 1.10. The fourth-order valence-electron chi connectivity index (χ4n) is 7.45. The Morgan fingerprint density at radius 3 is 1.79 bits per heavy atom. The van der Waals surface area contributed by atoms with Crippen molar-refractivity contribution in [2.75, 3.05) is 0 Å². The highest BCUT2D eigenvalue weighted by Crippen LogP contribution is 2.43. The summed E-state index contributed by atoms with van der Waals surface area (Å²) in [7, 11) is 0. The molecule has 10 rings (SSSR count). The molecule has 0 fully saturated rings. The van der Waals surface area contributed by atoms with Gasteiger partial charge in [-0.05, 0) is 72.3 Å². The van der Waals surface area contributed by atoms with Crippen molar-refractivity contribution >= 4 is 49.3 Å². The second-order valence-corrected chi connectivity index (χ2v) is 12.0. The van der Waals surface area contributed by atoms with E-state index in [1.165, 1.54) is 49.4 Å². The van der Waals surface area contributed by atoms with Crippen LogP contribution in [-0.4, -0.2) is 18.5 Å². The summed E-state index contributed by atoms with van der Waals surface area (Å²) in [6, 6.07) is 58.3. The Balaban J connectivity index is 1.26. The number of fused-ring (bicyclic) bond motifs is 8. The van der Waals surface area contributed by atoms with Gasteiger partial charge in [0.05, 0.1) is 33.1 Å². The molecular formula is C43H28N4. The van der Waals surface area contributed by atoms with Crippen LogP contribution in [0.15, 0.2) is 170 Å². The molecule has 0 bridgehead atoms. The molecule has 4 aromatic heterocycles. The van der Waals surface area contributed by atoms with E-state index in [4.69, 9.17) is 4.98 Å². The Morgan fingerprint density at radius 1 is 0.383 bits per heavy atom. The molecule has 4 heterocycles. The summed E-state index contributed by atoms with van der Waals surface area (Å²) in [5.41, 5.74) is 12.6. The molecule has 0 aliphatic rings. The molecule has 0 saturated heterocycles. The van der Waals surface area contributed by atoms with Crippen molar-refractivity contribution in [3.63, 3.8) is 0 Å². The summed E-state index contributed by atoms with van der Waals surface area (Å²) < 4.78 is 7.06. The molecule has 0 spiro atoms. The average molecular weight is 601 g/mol. The molecule has 47 heavy (non-hydrogen) atoms. The first-order chi connectivity index (χ1) is 23.3. The third-order valence-corrected chi connectivity index (χ3v) is 9.46. The predicted octanol–water partition coefficient (Wildman–Crippen LogP) is 10.9. The Labute approximate surface area is 271 Å². The minimum atomic E-state index is 0.928. The fraction of sp³-hybridized carbons (Fsp3) is 0. The Hall–Kier alpha value is -6.39. The number of aromatic nitrogens is 4. The van der Waals surface area contributed by atoms with Crippen LogP contribution in [0.25, 0.3) is 83.1 Å². The van der Waals surface area contributed by atoms with E-state index < -0.39 is 0 Å². The summed E-state index contributed by atoms with van der Waals surface area (Å²) >= 11 is 0. The van der Waals surface area contributed by atoms with Crippen LogP contribution in [0.4, 0.5) is 0 Å². The number of benzene rings is 6. The summed E-state index contributed by atoms with van der Waals surface area (Å²) in [6.07, 6.45) is 2.24. The zero-order valence-electron chi connectivity index (χ0n) is 25.5. The van der Waals surface area contributed by atoms with Crippen LogP contribution < -0.4 is 0 Å². The Morgan fingerprint density at radius 2 is 1.00 bits per heavy atom. The molecule has 220 valence electrons. The van der Waals surface area contributed by atoms with Gasteiger partial charge < -0.3 is 8.97 Å². The van der Waals surface area contributed by atoms with Gasteiger partial charge in [0.2, 0.25) is 0 Å². The number of imidazole rings is 1. The van der Waals surface area contributed by atoms with Gasteiger partial charge in [0.25, 0.3) is 0 Å². The Kier molecular flexibility index (Phi) is 5.54. The van der Waals surface area contributed by atoms with Crippen LogP contribution in [0, 0.1) is 0 Å². The van der Waals surface area contributed by atoms with Gasteiger partial charge in [-0.2, -0.15) is 0 Å². The molecule has 0 atom stereocenters. The van der Waals surface area contributed by atoms with Gasteiger partial charge in [-0.15, -0.1) is 0 Å². The molecule has 10 aromatic rings. The maximum absolute atomic E-state index is 5.11. The molecule has 0 aliphatic carbocycles. The molecule has 0 aliphatic heterocycles. The van der Waals surface area contributed by atoms with Crippen molar-refractivity contribution in [1.29, 1.82) is 0 Å². The molecule has 0 radical (unpaired) electrons. The highest BCUT2D eigenvalue weighted by atomic mass is 15.1. The molecule has 6 aromatic carbocycles. The standard InChI is InChI=1S/C43H28N4/c1-3-13-29(14-4-1)40-35-18-8-10-20-37(35)45-28-27-34-33-17-7-11-21-38(33)46(41(34)42(40)45)32-25-23-30(24-26-32)43-44-36-19-9-12-22-39(36)47(43)31-15-5-2-6-16-31/h1-28H. The highest BCUT2D eigenvalue weighted by Gasteiger charge is 2.22. The lowest BCUT2D eigenvalue weighted by Crippen LogP contribution is -1.99. The van der Waals surface area contributed by atoms with Gasteiger partial charge in [-0.25, -0.2) is 4.98 Å². The quantitative estimate of drug-likeness (QED) is 0.197. The molecule has 0 amide bonds. The number of hydrogen-bond acceptors (Lipinski definition) is 1. The lowest BCUT2D eigenvalue weighted by atomic mass is 10.0. The van der Waals surface area contributed by atoms with Crippen molar-refractivity contribution in [2.24, 2.45) is 0 Å². The predicted molar refractivity (Wildman–Crippen MR) is 195 cm³/mol. The minimum Gasteiger partial charge on any atom is -0.314 e. The third kappa shape index (κ3) is 3.79. The van der Waals surface area contributed by atoms with Crippen LogP contribution in [0.2, 0.25) is 0 Å². The summed E-state index contributed by atoms with van der Waals surface area (Å²) in [5.74, 6) is 0.928. The first-order valence-corrected chi connectivity index (χ1v) is 16.0. The normalized spacial score (nSPS) is 11.8. The van der Waals surface area contributed by atoms with Crippen molar-refractivity contribution in [2.45, 2.75) is 0 Å². The number of pyridine rings is 1. The summed E-state index contributed by atoms with van der Waals surface area (Å²) in [5, 5.41) is 3.73. The topological polar surface area (TPSA) is 27.2 Å². The highest BCUT2D eigenvalue weighted by molar-refractivity contribution is 6.20. The number of para-hydroxylation sites is 5. The second-order valence-electron chi connectivity index (χ2n) is 12.0. The first kappa shape index (κ1) is 25.9. The van der Waals surface area contributed by atoms with Crippen LogP contribution in [0.1, 0.15) is 0 Å². The van der Waals surface area contributed by atoms with Gasteiger partial charge >= 0.3 is 0 Å². The van der Waals surface area contributed by atoms with Gasteiger partial charge in [0.15, 0.2) is 0 Å². The van der Waals surface area contributed by atoms with E-state index in [0.717, 1.165) is 33.8 Å². The van der Waals surface area contributed by atoms with Crippen LogP contribution in [0.5, 0.6) is 0 Å². The molecule has 4 heteroatoms. The Bertz CT molecular complexity index is 2760. The average Bonchev–Trinajstić information content (AvgIpc) is 3.81. The van der Waals surface area contributed by atoms with E-state index in [2.05, 4.69) is 184 Å². The largest absolute Gasteiger partial charge is 0.314 e. The second kappa shape index (κ2) is 10.1. The zero-order valence-corrected chi connectivity index (χ0v) is 25.5. The minimum absolute atomic E-state index is 0.928. The smallest absolute Gasteiger partial charge is 0.145 e. The monoisotopic (exact) mass is 600 g/mol. The van der Waals surface area contributed by atoms with Crippen molar-refractivity contribution in [3.05, 3.63) is 170 Å². The van der Waals surface area contributed by atoms with Crippen LogP contribution >= 0.6 is 0 Å². The molecule has 0 N–H and O–H groups in total. The molecule has 0 saturated carbocycles. The number of hydrogen-bond donors (Lipinski definition) is 0. The van der Waals surface area contributed by atoms with E-state index in [0.29, 0.717) is 0 Å². The van der Waals surface area contributed by atoms with Crippen molar-refractivity contribution < 1.29 is 0 Å². The van der Waals surface area contributed by atoms with Crippen molar-refractivity contribution in [3.8, 4) is 33.9 Å². The van der Waals surface area contributed by atoms with E-state index in [-0.39, 0.29) is 0 Å². The maximum Gasteiger partial charge on any atom is 0.145 e. The molecular weight excluding hydrogens is 573 g/mol. The van der Waals surface area contributed by atoms with Crippen molar-refractivity contribution in [1.82, 2.24) is 18.5 Å². The van der Waals surface area contributed by atoms with E-state index in [1.807, 2.05) is 0 Å². The third-order valence-electron chi connectivity index (χ3n) is 9.46. The SMILES string of the molecule is c1ccc(-c2c3ccccc3n3ccc4c5ccccc5n(-c5ccc(-c6nc7ccccc7n6-c6ccccc6)cc5)c4c23)cc1. The maximum atomic E-state index is 5.11. The summed E-state index contributed by atoms with van der Waals surface area (Å²) in [6.45, 7) is 0. The van der Waals surface area contributed by atoms with Crippen LogP contribution in [-0.2, 0) is 0 Å². The first-order valence-electron chi connectivity index (χ1n) is 16.0. The van der Waals surface area contributed by atoms with Gasteiger partial charge in [-0.1, -0.05) is 97.1 Å². The van der Waals surface area contributed by atoms with Crippen LogP contribution in [0.3, 0.4) is 0 Å².